The fraction of sp³-hybridized carbons (Fsp3) is 0.133. The third-order valence-corrected chi connectivity index (χ3v) is 3.50. The Balaban J connectivity index is 1.77. The Bertz CT molecular complexity index is 698. The molecular formula is C15H14N4OS. The molecule has 21 heavy (non-hydrogen) atoms. The Labute approximate surface area is 126 Å². The molecule has 5 nitrogen and oxygen atoms in total. The van der Waals surface area contributed by atoms with Gasteiger partial charge in [0.25, 0.3) is 0 Å². The first-order valence-electron chi connectivity index (χ1n) is 6.58. The van der Waals surface area contributed by atoms with E-state index in [9.17, 15) is 0 Å². The molecule has 0 aromatic carbocycles. The van der Waals surface area contributed by atoms with Gasteiger partial charge in [0.1, 0.15) is 28.1 Å². The van der Waals surface area contributed by atoms with Crippen LogP contribution in [0.2, 0.25) is 0 Å². The molecule has 3 heterocycles. The van der Waals surface area contributed by atoms with Gasteiger partial charge in [0.15, 0.2) is 0 Å². The summed E-state index contributed by atoms with van der Waals surface area (Å²) in [5.74, 6) is 2.22. The zero-order valence-corrected chi connectivity index (χ0v) is 12.3. The molecule has 0 aliphatic heterocycles. The molecule has 0 spiro atoms. The number of anilines is 2. The summed E-state index contributed by atoms with van der Waals surface area (Å²) in [6, 6.07) is 9.53. The molecule has 0 amide bonds. The van der Waals surface area contributed by atoms with Crippen molar-refractivity contribution in [2.75, 3.05) is 11.9 Å². The van der Waals surface area contributed by atoms with Crippen LogP contribution in [0.15, 0.2) is 48.1 Å². The smallest absolute Gasteiger partial charge is 0.141 e. The molecular weight excluding hydrogens is 284 g/mol. The molecule has 0 radical (unpaired) electrons. The van der Waals surface area contributed by atoms with Crippen LogP contribution in [0, 0.1) is 0 Å². The first kappa shape index (κ1) is 13.5. The van der Waals surface area contributed by atoms with Crippen molar-refractivity contribution in [3.63, 3.8) is 0 Å². The molecule has 0 fully saturated rings. The SMILES string of the molecule is CCOc1ccc(Nc2cccc(-c3nccs3)n2)nc1. The minimum atomic E-state index is 0.631. The van der Waals surface area contributed by atoms with Gasteiger partial charge < -0.3 is 10.1 Å². The van der Waals surface area contributed by atoms with Crippen molar-refractivity contribution < 1.29 is 4.74 Å². The van der Waals surface area contributed by atoms with E-state index in [1.807, 2.05) is 42.6 Å². The molecule has 0 saturated heterocycles. The predicted octanol–water partition coefficient (Wildman–Crippen LogP) is 3.74. The zero-order valence-electron chi connectivity index (χ0n) is 11.5. The van der Waals surface area contributed by atoms with Gasteiger partial charge in [-0.05, 0) is 31.2 Å². The highest BCUT2D eigenvalue weighted by Gasteiger charge is 2.04. The van der Waals surface area contributed by atoms with Gasteiger partial charge in [0.2, 0.25) is 0 Å². The first-order chi connectivity index (χ1) is 10.3. The van der Waals surface area contributed by atoms with Crippen LogP contribution in [-0.4, -0.2) is 21.6 Å². The third kappa shape index (κ3) is 3.35. The van der Waals surface area contributed by atoms with E-state index >= 15 is 0 Å². The van der Waals surface area contributed by atoms with Gasteiger partial charge >= 0.3 is 0 Å². The standard InChI is InChI=1S/C15H14N4OS/c1-2-20-11-6-7-13(17-10-11)19-14-5-3-4-12(18-14)15-16-8-9-21-15/h3-10H,2H2,1H3,(H,17,18,19). The van der Waals surface area contributed by atoms with Crippen LogP contribution in [0.1, 0.15) is 6.92 Å². The van der Waals surface area contributed by atoms with Gasteiger partial charge in [-0.1, -0.05) is 6.07 Å². The minimum absolute atomic E-state index is 0.631. The predicted molar refractivity (Wildman–Crippen MR) is 84.0 cm³/mol. The van der Waals surface area contributed by atoms with Gasteiger partial charge in [-0.3, -0.25) is 0 Å². The summed E-state index contributed by atoms with van der Waals surface area (Å²) < 4.78 is 5.37. The molecule has 1 N–H and O–H groups in total. The van der Waals surface area contributed by atoms with E-state index < -0.39 is 0 Å². The average Bonchev–Trinajstić information content (AvgIpc) is 3.04. The highest BCUT2D eigenvalue weighted by atomic mass is 32.1. The number of hydrogen-bond acceptors (Lipinski definition) is 6. The molecule has 0 unspecified atom stereocenters. The summed E-state index contributed by atoms with van der Waals surface area (Å²) in [4.78, 5) is 13.1. The van der Waals surface area contributed by atoms with E-state index in [1.54, 1.807) is 23.7 Å². The molecule has 0 saturated carbocycles. The summed E-state index contributed by atoms with van der Waals surface area (Å²) in [5.41, 5.74) is 0.848. The molecule has 0 atom stereocenters. The summed E-state index contributed by atoms with van der Waals surface area (Å²) in [6.07, 6.45) is 3.46. The van der Waals surface area contributed by atoms with Gasteiger partial charge in [0, 0.05) is 11.6 Å². The van der Waals surface area contributed by atoms with Crippen LogP contribution >= 0.6 is 11.3 Å². The van der Waals surface area contributed by atoms with Crippen LogP contribution in [0.5, 0.6) is 5.75 Å². The zero-order chi connectivity index (χ0) is 14.5. The lowest BCUT2D eigenvalue weighted by Crippen LogP contribution is -1.98. The lowest BCUT2D eigenvalue weighted by molar-refractivity contribution is 0.339. The van der Waals surface area contributed by atoms with Crippen molar-refractivity contribution in [1.29, 1.82) is 0 Å². The Morgan fingerprint density at radius 2 is 2.10 bits per heavy atom. The second-order valence-corrected chi connectivity index (χ2v) is 5.08. The summed E-state index contributed by atoms with van der Waals surface area (Å²) in [6.45, 7) is 2.58. The second kappa shape index (κ2) is 6.32. The molecule has 3 aromatic heterocycles. The summed E-state index contributed by atoms with van der Waals surface area (Å²) in [5, 5.41) is 6.01. The van der Waals surface area contributed by atoms with Gasteiger partial charge in [0.05, 0.1) is 12.8 Å². The molecule has 3 rings (SSSR count). The number of hydrogen-bond donors (Lipinski definition) is 1. The number of aromatic nitrogens is 3. The Morgan fingerprint density at radius 1 is 1.14 bits per heavy atom. The summed E-state index contributed by atoms with van der Waals surface area (Å²) >= 11 is 1.56. The van der Waals surface area contributed by atoms with Gasteiger partial charge in [-0.15, -0.1) is 11.3 Å². The number of nitrogens with zero attached hydrogens (tertiary/aromatic N) is 3. The maximum atomic E-state index is 5.37. The lowest BCUT2D eigenvalue weighted by atomic mass is 10.3. The first-order valence-corrected chi connectivity index (χ1v) is 7.46. The monoisotopic (exact) mass is 298 g/mol. The lowest BCUT2D eigenvalue weighted by Gasteiger charge is -2.07. The molecule has 0 bridgehead atoms. The van der Waals surface area contributed by atoms with E-state index in [0.29, 0.717) is 6.61 Å². The molecule has 6 heteroatoms. The number of thiazole rings is 1. The Hall–Kier alpha value is -2.47. The molecule has 0 aliphatic carbocycles. The minimum Gasteiger partial charge on any atom is -0.492 e. The van der Waals surface area contributed by atoms with E-state index in [2.05, 4.69) is 20.3 Å². The van der Waals surface area contributed by atoms with Crippen molar-refractivity contribution in [3.8, 4) is 16.5 Å². The number of nitrogens with one attached hydrogen (secondary N) is 1. The Kier molecular flexibility index (Phi) is 4.07. The maximum absolute atomic E-state index is 5.37. The van der Waals surface area contributed by atoms with Crippen molar-refractivity contribution in [3.05, 3.63) is 48.1 Å². The quantitative estimate of drug-likeness (QED) is 0.777. The summed E-state index contributed by atoms with van der Waals surface area (Å²) in [7, 11) is 0. The van der Waals surface area contributed by atoms with E-state index in [1.165, 1.54) is 0 Å². The number of ether oxygens (including phenoxy) is 1. The van der Waals surface area contributed by atoms with Crippen LogP contribution in [0.3, 0.4) is 0 Å². The highest BCUT2D eigenvalue weighted by Crippen LogP contribution is 2.22. The number of pyridine rings is 2. The van der Waals surface area contributed by atoms with E-state index in [-0.39, 0.29) is 0 Å². The fourth-order valence-electron chi connectivity index (χ4n) is 1.81. The Morgan fingerprint density at radius 3 is 2.81 bits per heavy atom. The van der Waals surface area contributed by atoms with Gasteiger partial charge in [-0.2, -0.15) is 0 Å². The van der Waals surface area contributed by atoms with Crippen molar-refractivity contribution in [2.24, 2.45) is 0 Å². The van der Waals surface area contributed by atoms with Crippen LogP contribution in [-0.2, 0) is 0 Å². The van der Waals surface area contributed by atoms with Crippen molar-refractivity contribution in [1.82, 2.24) is 15.0 Å². The topological polar surface area (TPSA) is 59.9 Å². The molecule has 0 aliphatic rings. The number of rotatable bonds is 5. The van der Waals surface area contributed by atoms with Crippen molar-refractivity contribution in [2.45, 2.75) is 6.92 Å². The normalized spacial score (nSPS) is 10.3. The second-order valence-electron chi connectivity index (χ2n) is 4.18. The van der Waals surface area contributed by atoms with E-state index in [0.717, 1.165) is 28.1 Å². The van der Waals surface area contributed by atoms with Crippen molar-refractivity contribution >= 4 is 23.0 Å². The van der Waals surface area contributed by atoms with E-state index in [4.69, 9.17) is 4.74 Å². The highest BCUT2D eigenvalue weighted by molar-refractivity contribution is 7.13. The van der Waals surface area contributed by atoms with Gasteiger partial charge in [-0.25, -0.2) is 15.0 Å². The average molecular weight is 298 g/mol. The molecule has 3 aromatic rings. The van der Waals surface area contributed by atoms with Crippen LogP contribution < -0.4 is 10.1 Å². The molecule has 106 valence electrons. The fourth-order valence-corrected chi connectivity index (χ4v) is 2.42. The third-order valence-electron chi connectivity index (χ3n) is 2.70. The maximum Gasteiger partial charge on any atom is 0.141 e. The largest absolute Gasteiger partial charge is 0.492 e. The van der Waals surface area contributed by atoms with Crippen LogP contribution in [0.25, 0.3) is 10.7 Å². The van der Waals surface area contributed by atoms with Crippen LogP contribution in [0.4, 0.5) is 11.6 Å².